The Bertz CT molecular complexity index is 317. The zero-order valence-electron chi connectivity index (χ0n) is 11.7. The van der Waals surface area contributed by atoms with Crippen molar-refractivity contribution in [3.8, 4) is 0 Å². The molecule has 0 saturated carbocycles. The molecular weight excluding hydrogens is 264 g/mol. The largest absolute Gasteiger partial charge is 0.480 e. The van der Waals surface area contributed by atoms with Crippen LogP contribution in [0.1, 0.15) is 39.0 Å². The van der Waals surface area contributed by atoms with E-state index in [-0.39, 0.29) is 5.91 Å². The number of carboxylic acid groups (broad SMARTS) is 1. The molecule has 19 heavy (non-hydrogen) atoms. The molecule has 1 aliphatic heterocycles. The van der Waals surface area contributed by atoms with Gasteiger partial charge in [0.05, 0.1) is 5.54 Å². The number of amides is 1. The first-order valence-corrected chi connectivity index (χ1v) is 8.23. The van der Waals surface area contributed by atoms with Crippen LogP contribution in [0.4, 0.5) is 0 Å². The Hall–Kier alpha value is -0.750. The number of rotatable bonds is 8. The molecule has 110 valence electrons. The molecule has 1 fully saturated rings. The van der Waals surface area contributed by atoms with Crippen molar-refractivity contribution in [3.05, 3.63) is 0 Å². The topological polar surface area (TPSA) is 78.4 Å². The summed E-state index contributed by atoms with van der Waals surface area (Å²) < 4.78 is 0. The molecule has 1 amide bonds. The van der Waals surface area contributed by atoms with E-state index in [1.165, 1.54) is 0 Å². The predicted molar refractivity (Wildman–Crippen MR) is 77.4 cm³/mol. The van der Waals surface area contributed by atoms with Crippen LogP contribution in [0.3, 0.4) is 0 Å². The summed E-state index contributed by atoms with van der Waals surface area (Å²) in [5.41, 5.74) is -0.554. The number of thioether (sulfide) groups is 1. The van der Waals surface area contributed by atoms with Crippen molar-refractivity contribution in [1.82, 2.24) is 10.6 Å². The molecule has 0 bridgehead atoms. The highest BCUT2D eigenvalue weighted by Gasteiger charge is 2.41. The molecule has 5 nitrogen and oxygen atoms in total. The smallest absolute Gasteiger partial charge is 0.326 e. The molecule has 0 spiro atoms. The van der Waals surface area contributed by atoms with Gasteiger partial charge in [-0.15, -0.1) is 0 Å². The van der Waals surface area contributed by atoms with Crippen LogP contribution >= 0.6 is 11.8 Å². The van der Waals surface area contributed by atoms with E-state index in [1.807, 2.05) is 13.2 Å². The van der Waals surface area contributed by atoms with Crippen LogP contribution in [0.5, 0.6) is 0 Å². The maximum atomic E-state index is 12.4. The molecule has 2 unspecified atom stereocenters. The Labute approximate surface area is 118 Å². The van der Waals surface area contributed by atoms with Crippen molar-refractivity contribution in [2.45, 2.75) is 50.6 Å². The van der Waals surface area contributed by atoms with Gasteiger partial charge in [-0.25, -0.2) is 4.79 Å². The fourth-order valence-electron chi connectivity index (χ4n) is 2.54. The average Bonchev–Trinajstić information content (AvgIpc) is 2.84. The van der Waals surface area contributed by atoms with E-state index in [0.29, 0.717) is 6.42 Å². The summed E-state index contributed by atoms with van der Waals surface area (Å²) in [5.74, 6) is -0.377. The van der Waals surface area contributed by atoms with Gasteiger partial charge in [-0.1, -0.05) is 13.3 Å². The zero-order valence-corrected chi connectivity index (χ0v) is 12.5. The van der Waals surface area contributed by atoms with Gasteiger partial charge in [0.2, 0.25) is 5.91 Å². The minimum atomic E-state index is -0.952. The van der Waals surface area contributed by atoms with Crippen molar-refractivity contribution >= 4 is 23.6 Å². The molecule has 3 N–H and O–H groups in total. The predicted octanol–water partition coefficient (Wildman–Crippen LogP) is 1.23. The van der Waals surface area contributed by atoms with E-state index >= 15 is 0 Å². The number of hydrogen-bond donors (Lipinski definition) is 3. The van der Waals surface area contributed by atoms with Gasteiger partial charge < -0.3 is 15.7 Å². The molecule has 1 heterocycles. The monoisotopic (exact) mass is 288 g/mol. The normalized spacial score (nSPS) is 24.1. The Balaban J connectivity index is 2.65. The van der Waals surface area contributed by atoms with Gasteiger partial charge in [-0.2, -0.15) is 11.8 Å². The summed E-state index contributed by atoms with van der Waals surface area (Å²) in [6.07, 6.45) is 5.82. The molecule has 1 aliphatic rings. The number of nitrogens with one attached hydrogen (secondary N) is 2. The molecule has 1 rings (SSSR count). The SMILES string of the molecule is CCCC1(C(=O)NC(CCSC)C(=O)O)CCCN1. The van der Waals surface area contributed by atoms with E-state index in [0.717, 1.165) is 38.0 Å². The van der Waals surface area contributed by atoms with Crippen LogP contribution < -0.4 is 10.6 Å². The van der Waals surface area contributed by atoms with Crippen LogP contribution in [-0.2, 0) is 9.59 Å². The van der Waals surface area contributed by atoms with Gasteiger partial charge in [-0.05, 0) is 44.2 Å². The Morgan fingerprint density at radius 1 is 1.53 bits per heavy atom. The second kappa shape index (κ2) is 7.75. The average molecular weight is 288 g/mol. The third-order valence-corrected chi connectivity index (χ3v) is 4.21. The van der Waals surface area contributed by atoms with Crippen molar-refractivity contribution < 1.29 is 14.7 Å². The van der Waals surface area contributed by atoms with Crippen molar-refractivity contribution in [2.24, 2.45) is 0 Å². The zero-order chi connectivity index (χ0) is 14.3. The van der Waals surface area contributed by atoms with Crippen molar-refractivity contribution in [3.63, 3.8) is 0 Å². The Morgan fingerprint density at radius 2 is 2.26 bits per heavy atom. The summed E-state index contributed by atoms with van der Waals surface area (Å²) in [4.78, 5) is 23.6. The quantitative estimate of drug-likeness (QED) is 0.626. The first kappa shape index (κ1) is 16.3. The highest BCUT2D eigenvalue weighted by atomic mass is 32.2. The maximum absolute atomic E-state index is 12.4. The summed E-state index contributed by atoms with van der Waals surface area (Å²) in [5, 5.41) is 15.1. The highest BCUT2D eigenvalue weighted by molar-refractivity contribution is 7.98. The van der Waals surface area contributed by atoms with E-state index in [1.54, 1.807) is 11.8 Å². The molecule has 0 radical (unpaired) electrons. The summed E-state index contributed by atoms with van der Waals surface area (Å²) >= 11 is 1.59. The van der Waals surface area contributed by atoms with E-state index in [2.05, 4.69) is 10.6 Å². The molecule has 0 aromatic rings. The molecule has 0 aliphatic carbocycles. The summed E-state index contributed by atoms with van der Waals surface area (Å²) in [6.45, 7) is 2.87. The van der Waals surface area contributed by atoms with Gasteiger partial charge in [0.1, 0.15) is 6.04 Å². The van der Waals surface area contributed by atoms with E-state index in [9.17, 15) is 9.59 Å². The maximum Gasteiger partial charge on any atom is 0.326 e. The molecule has 2 atom stereocenters. The first-order valence-electron chi connectivity index (χ1n) is 6.83. The fraction of sp³-hybridized carbons (Fsp3) is 0.846. The fourth-order valence-corrected chi connectivity index (χ4v) is 3.01. The Kier molecular flexibility index (Phi) is 6.65. The van der Waals surface area contributed by atoms with Crippen LogP contribution in [0.15, 0.2) is 0 Å². The molecular formula is C13H24N2O3S. The van der Waals surface area contributed by atoms with Gasteiger partial charge in [0.15, 0.2) is 0 Å². The molecule has 0 aromatic heterocycles. The molecule has 0 aromatic carbocycles. The summed E-state index contributed by atoms with van der Waals surface area (Å²) in [7, 11) is 0. The van der Waals surface area contributed by atoms with Gasteiger partial charge in [0, 0.05) is 0 Å². The molecule has 1 saturated heterocycles. The Morgan fingerprint density at radius 3 is 2.74 bits per heavy atom. The van der Waals surface area contributed by atoms with Gasteiger partial charge in [0.25, 0.3) is 0 Å². The second-order valence-corrected chi connectivity index (χ2v) is 5.99. The number of aliphatic carboxylic acids is 1. The van der Waals surface area contributed by atoms with Crippen LogP contribution in [0.25, 0.3) is 0 Å². The number of carbonyl (C=O) groups is 2. The minimum absolute atomic E-state index is 0.152. The van der Waals surface area contributed by atoms with Crippen LogP contribution in [0, 0.1) is 0 Å². The highest BCUT2D eigenvalue weighted by Crippen LogP contribution is 2.25. The van der Waals surface area contributed by atoms with E-state index < -0.39 is 17.6 Å². The third-order valence-electron chi connectivity index (χ3n) is 3.57. The lowest BCUT2D eigenvalue weighted by Gasteiger charge is -2.29. The minimum Gasteiger partial charge on any atom is -0.480 e. The number of carboxylic acids is 1. The van der Waals surface area contributed by atoms with Gasteiger partial charge >= 0.3 is 5.97 Å². The van der Waals surface area contributed by atoms with E-state index in [4.69, 9.17) is 5.11 Å². The lowest BCUT2D eigenvalue weighted by molar-refractivity contribution is -0.143. The number of carbonyl (C=O) groups excluding carboxylic acids is 1. The lowest BCUT2D eigenvalue weighted by atomic mass is 9.90. The van der Waals surface area contributed by atoms with Gasteiger partial charge in [-0.3, -0.25) is 4.79 Å². The first-order chi connectivity index (χ1) is 9.05. The molecule has 6 heteroatoms. The third kappa shape index (κ3) is 4.38. The van der Waals surface area contributed by atoms with Crippen molar-refractivity contribution in [2.75, 3.05) is 18.6 Å². The number of hydrogen-bond acceptors (Lipinski definition) is 4. The second-order valence-electron chi connectivity index (χ2n) is 5.01. The lowest BCUT2D eigenvalue weighted by Crippen LogP contribution is -2.57. The van der Waals surface area contributed by atoms with Crippen LogP contribution in [0.2, 0.25) is 0 Å². The summed E-state index contributed by atoms with van der Waals surface area (Å²) in [6, 6.07) is -0.781. The standard InChI is InChI=1S/C13H24N2O3S/c1-3-6-13(7-4-8-14-13)12(18)15-10(11(16)17)5-9-19-2/h10,14H,3-9H2,1-2H3,(H,15,18)(H,16,17). The van der Waals surface area contributed by atoms with Crippen molar-refractivity contribution in [1.29, 1.82) is 0 Å². The van der Waals surface area contributed by atoms with Crippen LogP contribution in [-0.4, -0.2) is 47.1 Å².